The first-order chi connectivity index (χ1) is 15.8. The topological polar surface area (TPSA) is 26.3 Å². The minimum absolute atomic E-state index is 0.0927. The van der Waals surface area contributed by atoms with Gasteiger partial charge in [0.25, 0.3) is 0 Å². The molecule has 2 spiro atoms. The van der Waals surface area contributed by atoms with Crippen molar-refractivity contribution < 1.29 is 9.53 Å². The molecule has 0 bridgehead atoms. The third kappa shape index (κ3) is 3.14. The molecule has 192 valence electrons. The normalized spacial score (nSPS) is 49.1. The van der Waals surface area contributed by atoms with Crippen molar-refractivity contribution in [3.05, 3.63) is 11.6 Å². The second-order valence-electron chi connectivity index (χ2n) is 14.9. The summed E-state index contributed by atoms with van der Waals surface area (Å²) < 4.78 is 5.90. The Balaban J connectivity index is 1.39. The Hall–Kier alpha value is -0.790. The average Bonchev–Trinajstić information content (AvgIpc) is 3.32. The van der Waals surface area contributed by atoms with Crippen LogP contribution < -0.4 is 0 Å². The largest absolute Gasteiger partial charge is 0.462 e. The Labute approximate surface area is 210 Å². The molecule has 0 unspecified atom stereocenters. The van der Waals surface area contributed by atoms with Gasteiger partial charge < -0.3 is 4.74 Å². The fourth-order valence-electron chi connectivity index (χ4n) is 11.5. The molecule has 5 aliphatic carbocycles. The van der Waals surface area contributed by atoms with Gasteiger partial charge in [0.15, 0.2) is 0 Å². The second-order valence-corrected chi connectivity index (χ2v) is 14.9. The highest BCUT2D eigenvalue weighted by atomic mass is 16.5. The summed E-state index contributed by atoms with van der Waals surface area (Å²) in [7, 11) is 0. The van der Waals surface area contributed by atoms with E-state index in [1.54, 1.807) is 6.92 Å². The number of hydrogen-bond donors (Lipinski definition) is 0. The van der Waals surface area contributed by atoms with Crippen LogP contribution in [0.15, 0.2) is 11.6 Å². The molecule has 9 atom stereocenters. The summed E-state index contributed by atoms with van der Waals surface area (Å²) >= 11 is 0. The molecule has 0 aromatic rings. The zero-order chi connectivity index (χ0) is 24.7. The van der Waals surface area contributed by atoms with Crippen molar-refractivity contribution >= 4 is 5.97 Å². The Morgan fingerprint density at radius 2 is 1.56 bits per heavy atom. The SMILES string of the molecule is CC(=O)O[C@H]1CC[C@]23C[C@]24CC[C@]2(C)[C@@H]([C@@H](C)CCC=C(C)C)CC[C@@]2(C)[C@@H]4CC[C@H]3C1(C)C. The molecule has 5 rings (SSSR count). The van der Waals surface area contributed by atoms with Crippen LogP contribution in [0.2, 0.25) is 0 Å². The number of allylic oxidation sites excluding steroid dienone is 2. The minimum atomic E-state index is -0.0927. The highest BCUT2D eigenvalue weighted by Gasteiger charge is 2.82. The second kappa shape index (κ2) is 7.85. The number of rotatable bonds is 5. The van der Waals surface area contributed by atoms with Gasteiger partial charge in [-0.3, -0.25) is 4.79 Å². The molecule has 0 aromatic carbocycles. The maximum atomic E-state index is 11.8. The Kier molecular flexibility index (Phi) is 5.75. The number of esters is 1. The summed E-state index contributed by atoms with van der Waals surface area (Å²) in [6.45, 7) is 18.9. The van der Waals surface area contributed by atoms with Gasteiger partial charge in [0.2, 0.25) is 0 Å². The number of fused-ring (bicyclic) bond motifs is 2. The van der Waals surface area contributed by atoms with E-state index in [0.717, 1.165) is 30.1 Å². The predicted octanol–water partition coefficient (Wildman–Crippen LogP) is 8.74. The molecule has 0 N–H and O–H groups in total. The first-order valence-corrected chi connectivity index (χ1v) is 14.6. The molecule has 2 heteroatoms. The van der Waals surface area contributed by atoms with E-state index >= 15 is 0 Å². The van der Waals surface area contributed by atoms with Gasteiger partial charge in [-0.25, -0.2) is 0 Å². The van der Waals surface area contributed by atoms with Crippen LogP contribution in [-0.2, 0) is 9.53 Å². The summed E-state index contributed by atoms with van der Waals surface area (Å²) in [6, 6.07) is 0. The van der Waals surface area contributed by atoms with E-state index in [1.807, 2.05) is 0 Å². The monoisotopic (exact) mass is 468 g/mol. The maximum absolute atomic E-state index is 11.8. The highest BCUT2D eigenvalue weighted by molar-refractivity contribution is 5.66. The third-order valence-corrected chi connectivity index (χ3v) is 13.3. The number of ether oxygens (including phenoxy) is 1. The molecular weight excluding hydrogens is 416 g/mol. The predicted molar refractivity (Wildman–Crippen MR) is 140 cm³/mol. The van der Waals surface area contributed by atoms with E-state index in [1.165, 1.54) is 69.8 Å². The quantitative estimate of drug-likeness (QED) is 0.298. The first-order valence-electron chi connectivity index (χ1n) is 14.6. The molecule has 34 heavy (non-hydrogen) atoms. The summed E-state index contributed by atoms with van der Waals surface area (Å²) in [6.07, 6.45) is 17.6. The summed E-state index contributed by atoms with van der Waals surface area (Å²) in [4.78, 5) is 11.8. The molecule has 2 nitrogen and oxygen atoms in total. The van der Waals surface area contributed by atoms with E-state index in [-0.39, 0.29) is 17.5 Å². The number of carbonyl (C=O) groups is 1. The van der Waals surface area contributed by atoms with Crippen molar-refractivity contribution in [3.63, 3.8) is 0 Å². The molecule has 5 fully saturated rings. The lowest BCUT2D eigenvalue weighted by molar-refractivity contribution is -0.181. The van der Waals surface area contributed by atoms with Crippen molar-refractivity contribution in [2.24, 2.45) is 50.7 Å². The van der Waals surface area contributed by atoms with Gasteiger partial charge in [0.05, 0.1) is 0 Å². The molecule has 0 amide bonds. The highest BCUT2D eigenvalue weighted by Crippen LogP contribution is 2.89. The Morgan fingerprint density at radius 1 is 0.882 bits per heavy atom. The molecule has 5 saturated carbocycles. The smallest absolute Gasteiger partial charge is 0.302 e. The van der Waals surface area contributed by atoms with Crippen LogP contribution >= 0.6 is 0 Å². The van der Waals surface area contributed by atoms with Crippen molar-refractivity contribution in [1.29, 1.82) is 0 Å². The van der Waals surface area contributed by atoms with Crippen LogP contribution in [0.25, 0.3) is 0 Å². The molecule has 0 aliphatic heterocycles. The van der Waals surface area contributed by atoms with E-state index < -0.39 is 0 Å². The summed E-state index contributed by atoms with van der Waals surface area (Å²) in [5, 5.41) is 0. The van der Waals surface area contributed by atoms with Crippen LogP contribution in [0.3, 0.4) is 0 Å². The van der Waals surface area contributed by atoms with Crippen LogP contribution in [0.1, 0.15) is 126 Å². The van der Waals surface area contributed by atoms with Crippen LogP contribution in [0, 0.1) is 50.7 Å². The summed E-state index contributed by atoms with van der Waals surface area (Å²) in [5.41, 5.74) is 3.71. The fourth-order valence-corrected chi connectivity index (χ4v) is 11.5. The van der Waals surface area contributed by atoms with Gasteiger partial charge in [0, 0.05) is 12.3 Å². The minimum Gasteiger partial charge on any atom is -0.462 e. The van der Waals surface area contributed by atoms with Crippen LogP contribution in [0.5, 0.6) is 0 Å². The van der Waals surface area contributed by atoms with E-state index in [9.17, 15) is 4.79 Å². The van der Waals surface area contributed by atoms with Gasteiger partial charge >= 0.3 is 5.97 Å². The lowest BCUT2D eigenvalue weighted by Gasteiger charge is -2.63. The molecule has 0 heterocycles. The zero-order valence-electron chi connectivity index (χ0n) is 23.6. The number of carbonyl (C=O) groups excluding carboxylic acids is 1. The third-order valence-electron chi connectivity index (χ3n) is 13.3. The Morgan fingerprint density at radius 3 is 2.24 bits per heavy atom. The van der Waals surface area contributed by atoms with E-state index in [4.69, 9.17) is 4.74 Å². The van der Waals surface area contributed by atoms with Gasteiger partial charge in [-0.05, 0) is 130 Å². The molecule has 0 radical (unpaired) electrons. The van der Waals surface area contributed by atoms with Gasteiger partial charge in [-0.2, -0.15) is 0 Å². The van der Waals surface area contributed by atoms with Crippen molar-refractivity contribution in [2.45, 2.75) is 132 Å². The first kappa shape index (κ1) is 24.9. The molecule has 0 aromatic heterocycles. The maximum Gasteiger partial charge on any atom is 0.302 e. The lowest BCUT2D eigenvalue weighted by Crippen LogP contribution is -2.58. The van der Waals surface area contributed by atoms with E-state index in [2.05, 4.69) is 54.5 Å². The lowest BCUT2D eigenvalue weighted by atomic mass is 9.41. The van der Waals surface area contributed by atoms with E-state index in [0.29, 0.717) is 21.7 Å². The fraction of sp³-hybridized carbons (Fsp3) is 0.906. The molecule has 0 saturated heterocycles. The zero-order valence-corrected chi connectivity index (χ0v) is 23.6. The van der Waals surface area contributed by atoms with Gasteiger partial charge in [-0.1, -0.05) is 46.3 Å². The Bertz CT molecular complexity index is 866. The number of hydrogen-bond acceptors (Lipinski definition) is 2. The average molecular weight is 469 g/mol. The summed E-state index contributed by atoms with van der Waals surface area (Å²) in [5.74, 6) is 3.27. The van der Waals surface area contributed by atoms with Crippen LogP contribution in [0.4, 0.5) is 0 Å². The standard InChI is InChI=1S/C32H52O2/c1-21(2)10-9-11-22(3)24-14-16-30(8)26-13-12-25-28(5,6)27(34-23(4)33)15-17-31(25)20-32(26,31)19-18-29(24,30)7/h10,22,24-27H,9,11-20H2,1-8H3/t22-,24+,25-,26-,27-,29+,30-,31+,32-/m0/s1. The van der Waals surface area contributed by atoms with Crippen molar-refractivity contribution in [1.82, 2.24) is 0 Å². The molecule has 5 aliphatic rings. The van der Waals surface area contributed by atoms with Gasteiger partial charge in [-0.15, -0.1) is 0 Å². The van der Waals surface area contributed by atoms with Gasteiger partial charge in [0.1, 0.15) is 6.10 Å². The molecular formula is C32H52O2. The van der Waals surface area contributed by atoms with Crippen molar-refractivity contribution in [3.8, 4) is 0 Å². The van der Waals surface area contributed by atoms with Crippen molar-refractivity contribution in [2.75, 3.05) is 0 Å². The van der Waals surface area contributed by atoms with Crippen LogP contribution in [-0.4, -0.2) is 12.1 Å².